The summed E-state index contributed by atoms with van der Waals surface area (Å²) < 4.78 is 5.27. The molecule has 0 aromatic carbocycles. The molecule has 0 aromatic rings. The minimum Gasteiger partial charge on any atom is -0.396 e. The molecular formula is C10H19NO3. The highest BCUT2D eigenvalue weighted by atomic mass is 16.5. The van der Waals surface area contributed by atoms with Gasteiger partial charge in [-0.1, -0.05) is 0 Å². The molecule has 0 aliphatic carbocycles. The zero-order chi connectivity index (χ0) is 10.4. The lowest BCUT2D eigenvalue weighted by Gasteiger charge is -2.28. The number of likely N-dealkylation sites (tertiary alicyclic amines) is 1. The Hall–Kier alpha value is -0.610. The van der Waals surface area contributed by atoms with E-state index in [1.54, 1.807) is 12.0 Å². The summed E-state index contributed by atoms with van der Waals surface area (Å²) in [6, 6.07) is 0. The summed E-state index contributed by atoms with van der Waals surface area (Å²) in [7, 11) is 1.63. The molecular weight excluding hydrogens is 182 g/mol. The van der Waals surface area contributed by atoms with Gasteiger partial charge in [-0.3, -0.25) is 4.79 Å². The fraction of sp³-hybridized carbons (Fsp3) is 0.900. The topological polar surface area (TPSA) is 49.8 Å². The summed E-state index contributed by atoms with van der Waals surface area (Å²) in [5.74, 6) is 0.155. The van der Waals surface area contributed by atoms with Crippen molar-refractivity contribution in [3.05, 3.63) is 0 Å². The molecule has 1 unspecified atom stereocenters. The van der Waals surface area contributed by atoms with E-state index in [0.29, 0.717) is 19.4 Å². The van der Waals surface area contributed by atoms with Gasteiger partial charge in [0.05, 0.1) is 0 Å². The Labute approximate surface area is 84.8 Å². The summed E-state index contributed by atoms with van der Waals surface area (Å²) in [4.78, 5) is 13.4. The van der Waals surface area contributed by atoms with Crippen LogP contribution in [0, 0.1) is 0 Å². The molecule has 14 heavy (non-hydrogen) atoms. The van der Waals surface area contributed by atoms with Crippen LogP contribution in [-0.4, -0.2) is 42.4 Å². The third-order valence-corrected chi connectivity index (χ3v) is 2.59. The average Bonchev–Trinajstić information content (AvgIpc) is 2.37. The van der Waals surface area contributed by atoms with E-state index in [1.807, 2.05) is 0 Å². The second-order valence-electron chi connectivity index (χ2n) is 3.60. The van der Waals surface area contributed by atoms with Crippen LogP contribution >= 0.6 is 0 Å². The van der Waals surface area contributed by atoms with Crippen molar-refractivity contribution < 1.29 is 14.6 Å². The van der Waals surface area contributed by atoms with E-state index in [1.165, 1.54) is 0 Å². The van der Waals surface area contributed by atoms with Gasteiger partial charge in [-0.25, -0.2) is 0 Å². The summed E-state index contributed by atoms with van der Waals surface area (Å²) in [6.07, 6.45) is 4.07. The van der Waals surface area contributed by atoms with Crippen LogP contribution in [0.2, 0.25) is 0 Å². The van der Waals surface area contributed by atoms with Crippen LogP contribution in [0.15, 0.2) is 0 Å². The smallest absolute Gasteiger partial charge is 0.224 e. The maximum Gasteiger partial charge on any atom is 0.224 e. The largest absolute Gasteiger partial charge is 0.396 e. The lowest BCUT2D eigenvalue weighted by molar-refractivity contribution is -0.142. The van der Waals surface area contributed by atoms with Crippen molar-refractivity contribution in [3.63, 3.8) is 0 Å². The number of hydrogen-bond acceptors (Lipinski definition) is 3. The maximum atomic E-state index is 11.7. The first-order chi connectivity index (χ1) is 6.79. The number of nitrogens with zero attached hydrogens (tertiary/aromatic N) is 1. The van der Waals surface area contributed by atoms with Crippen molar-refractivity contribution in [2.24, 2.45) is 0 Å². The van der Waals surface area contributed by atoms with Crippen molar-refractivity contribution in [1.29, 1.82) is 0 Å². The molecule has 1 atom stereocenters. The third-order valence-electron chi connectivity index (χ3n) is 2.59. The minimum atomic E-state index is -0.0865. The highest BCUT2D eigenvalue weighted by Gasteiger charge is 2.25. The number of rotatable bonds is 4. The minimum absolute atomic E-state index is 0.0865. The molecule has 0 aromatic heterocycles. The molecule has 0 radical (unpaired) electrons. The van der Waals surface area contributed by atoms with E-state index >= 15 is 0 Å². The van der Waals surface area contributed by atoms with Crippen molar-refractivity contribution in [2.45, 2.75) is 38.3 Å². The van der Waals surface area contributed by atoms with Crippen LogP contribution in [-0.2, 0) is 9.53 Å². The predicted octanol–water partition coefficient (Wildman–Crippen LogP) is 0.744. The third kappa shape index (κ3) is 2.96. The first kappa shape index (κ1) is 11.5. The second kappa shape index (κ2) is 5.98. The molecule has 0 spiro atoms. The molecule has 0 saturated carbocycles. The number of methoxy groups -OCH3 is 1. The fourth-order valence-corrected chi connectivity index (χ4v) is 1.81. The lowest BCUT2D eigenvalue weighted by Crippen LogP contribution is -2.40. The first-order valence-electron chi connectivity index (χ1n) is 5.22. The van der Waals surface area contributed by atoms with Crippen molar-refractivity contribution in [2.75, 3.05) is 20.3 Å². The van der Waals surface area contributed by atoms with Crippen LogP contribution in [0.25, 0.3) is 0 Å². The molecule has 1 heterocycles. The van der Waals surface area contributed by atoms with Gasteiger partial charge in [-0.2, -0.15) is 0 Å². The number of hydrogen-bond donors (Lipinski definition) is 1. The molecule has 82 valence electrons. The van der Waals surface area contributed by atoms with Gasteiger partial charge in [0.2, 0.25) is 5.91 Å². The number of aliphatic hydroxyl groups excluding tert-OH is 1. The quantitative estimate of drug-likeness (QED) is 0.730. The SMILES string of the molecule is COC1CCCCC(=O)N1CCCO. The Bertz CT molecular complexity index is 184. The number of carbonyl (C=O) groups is 1. The average molecular weight is 201 g/mol. The van der Waals surface area contributed by atoms with E-state index in [0.717, 1.165) is 19.3 Å². The van der Waals surface area contributed by atoms with Crippen LogP contribution in [0.5, 0.6) is 0 Å². The number of aliphatic hydroxyl groups is 1. The Balaban J connectivity index is 2.55. The van der Waals surface area contributed by atoms with Gasteiger partial charge >= 0.3 is 0 Å². The molecule has 4 nitrogen and oxygen atoms in total. The van der Waals surface area contributed by atoms with Gasteiger partial charge < -0.3 is 14.7 Å². The van der Waals surface area contributed by atoms with E-state index < -0.39 is 0 Å². The fourth-order valence-electron chi connectivity index (χ4n) is 1.81. The van der Waals surface area contributed by atoms with Gasteiger partial charge in [0.1, 0.15) is 6.23 Å². The Kier molecular flexibility index (Phi) is 4.90. The zero-order valence-electron chi connectivity index (χ0n) is 8.74. The van der Waals surface area contributed by atoms with Gasteiger partial charge in [0, 0.05) is 26.7 Å². The normalized spacial score (nSPS) is 23.7. The highest BCUT2D eigenvalue weighted by molar-refractivity contribution is 5.76. The molecule has 0 bridgehead atoms. The van der Waals surface area contributed by atoms with Crippen LogP contribution < -0.4 is 0 Å². The molecule has 1 rings (SSSR count). The molecule has 1 aliphatic rings. The monoisotopic (exact) mass is 201 g/mol. The maximum absolute atomic E-state index is 11.7. The van der Waals surface area contributed by atoms with E-state index in [-0.39, 0.29) is 18.7 Å². The molecule has 1 aliphatic heterocycles. The Morgan fingerprint density at radius 3 is 3.00 bits per heavy atom. The standard InChI is InChI=1S/C10H19NO3/c1-14-10-6-3-2-5-9(13)11(10)7-4-8-12/h10,12H,2-8H2,1H3. The summed E-state index contributed by atoms with van der Waals surface area (Å²) >= 11 is 0. The molecule has 4 heteroatoms. The number of carbonyl (C=O) groups excluding carboxylic acids is 1. The van der Waals surface area contributed by atoms with Crippen LogP contribution in [0.4, 0.5) is 0 Å². The lowest BCUT2D eigenvalue weighted by atomic mass is 10.2. The molecule has 1 N–H and O–H groups in total. The molecule has 1 saturated heterocycles. The van der Waals surface area contributed by atoms with E-state index in [9.17, 15) is 4.79 Å². The van der Waals surface area contributed by atoms with Gasteiger partial charge in [-0.15, -0.1) is 0 Å². The molecule has 1 amide bonds. The predicted molar refractivity (Wildman–Crippen MR) is 52.7 cm³/mol. The van der Waals surface area contributed by atoms with E-state index in [4.69, 9.17) is 9.84 Å². The van der Waals surface area contributed by atoms with Crippen molar-refractivity contribution in [1.82, 2.24) is 4.90 Å². The highest BCUT2D eigenvalue weighted by Crippen LogP contribution is 2.18. The van der Waals surface area contributed by atoms with Gasteiger partial charge in [-0.05, 0) is 25.7 Å². The summed E-state index contributed by atoms with van der Waals surface area (Å²) in [5, 5.41) is 8.73. The molecule has 1 fully saturated rings. The zero-order valence-corrected chi connectivity index (χ0v) is 8.74. The van der Waals surface area contributed by atoms with Crippen LogP contribution in [0.3, 0.4) is 0 Å². The van der Waals surface area contributed by atoms with Crippen LogP contribution in [0.1, 0.15) is 32.1 Å². The summed E-state index contributed by atoms with van der Waals surface area (Å²) in [6.45, 7) is 0.730. The number of amides is 1. The Morgan fingerprint density at radius 2 is 2.36 bits per heavy atom. The van der Waals surface area contributed by atoms with Crippen molar-refractivity contribution >= 4 is 5.91 Å². The van der Waals surface area contributed by atoms with E-state index in [2.05, 4.69) is 0 Å². The van der Waals surface area contributed by atoms with Gasteiger partial charge in [0.15, 0.2) is 0 Å². The second-order valence-corrected chi connectivity index (χ2v) is 3.60. The Morgan fingerprint density at radius 1 is 1.57 bits per heavy atom. The first-order valence-corrected chi connectivity index (χ1v) is 5.22. The van der Waals surface area contributed by atoms with Crippen molar-refractivity contribution in [3.8, 4) is 0 Å². The van der Waals surface area contributed by atoms with Gasteiger partial charge in [0.25, 0.3) is 0 Å². The summed E-state index contributed by atoms with van der Waals surface area (Å²) in [5.41, 5.74) is 0. The number of ether oxygens (including phenoxy) is 1.